The highest BCUT2D eigenvalue weighted by atomic mass is 16.5. The third kappa shape index (κ3) is 3.75. The van der Waals surface area contributed by atoms with Gasteiger partial charge in [-0.2, -0.15) is 0 Å². The summed E-state index contributed by atoms with van der Waals surface area (Å²) in [6.45, 7) is 5.58. The normalized spacial score (nSPS) is 10.6. The molecule has 1 aromatic heterocycles. The highest BCUT2D eigenvalue weighted by molar-refractivity contribution is 5.22. The third-order valence-corrected chi connectivity index (χ3v) is 1.96. The Labute approximate surface area is 85.3 Å². The molecule has 2 N–H and O–H groups in total. The summed E-state index contributed by atoms with van der Waals surface area (Å²) in [4.78, 5) is 4.10. The third-order valence-electron chi connectivity index (χ3n) is 1.96. The average molecular weight is 194 g/mol. The zero-order valence-corrected chi connectivity index (χ0v) is 8.86. The number of pyridine rings is 1. The van der Waals surface area contributed by atoms with Gasteiger partial charge in [0.15, 0.2) is 0 Å². The molecule has 0 radical (unpaired) electrons. The predicted octanol–water partition coefficient (Wildman–Crippen LogP) is 1.97. The van der Waals surface area contributed by atoms with E-state index in [9.17, 15) is 0 Å². The minimum absolute atomic E-state index is 0.460. The molecule has 1 rings (SSSR count). The van der Waals surface area contributed by atoms with E-state index >= 15 is 0 Å². The van der Waals surface area contributed by atoms with Gasteiger partial charge in [0, 0.05) is 18.8 Å². The summed E-state index contributed by atoms with van der Waals surface area (Å²) in [5, 5.41) is 0. The molecule has 3 heteroatoms. The van der Waals surface area contributed by atoms with Crippen LogP contribution in [0, 0.1) is 5.92 Å². The maximum absolute atomic E-state index is 5.56. The van der Waals surface area contributed by atoms with Crippen LogP contribution in [0.4, 0.5) is 0 Å². The SMILES string of the molecule is CC(C)CCOc1ccnc(CN)c1. The largest absolute Gasteiger partial charge is 0.493 e. The Morgan fingerprint density at radius 3 is 2.93 bits per heavy atom. The maximum atomic E-state index is 5.56. The van der Waals surface area contributed by atoms with Crippen LogP contribution in [0.2, 0.25) is 0 Å². The first-order valence-corrected chi connectivity index (χ1v) is 5.00. The topological polar surface area (TPSA) is 48.1 Å². The van der Waals surface area contributed by atoms with Crippen LogP contribution in [-0.2, 0) is 6.54 Å². The lowest BCUT2D eigenvalue weighted by molar-refractivity contribution is 0.289. The quantitative estimate of drug-likeness (QED) is 0.779. The Hall–Kier alpha value is -1.09. The number of aromatic nitrogens is 1. The van der Waals surface area contributed by atoms with E-state index in [-0.39, 0.29) is 0 Å². The van der Waals surface area contributed by atoms with Gasteiger partial charge in [0.05, 0.1) is 12.3 Å². The van der Waals surface area contributed by atoms with Gasteiger partial charge in [-0.3, -0.25) is 4.98 Å². The van der Waals surface area contributed by atoms with E-state index in [1.54, 1.807) is 6.20 Å². The Bertz CT molecular complexity index is 274. The Balaban J connectivity index is 2.42. The number of nitrogens with zero attached hydrogens (tertiary/aromatic N) is 1. The van der Waals surface area contributed by atoms with Crippen molar-refractivity contribution in [3.05, 3.63) is 24.0 Å². The second-order valence-electron chi connectivity index (χ2n) is 3.72. The molecule has 0 fully saturated rings. The molecular formula is C11H18N2O. The van der Waals surface area contributed by atoms with E-state index < -0.39 is 0 Å². The second-order valence-corrected chi connectivity index (χ2v) is 3.72. The van der Waals surface area contributed by atoms with Crippen molar-refractivity contribution < 1.29 is 4.74 Å². The number of nitrogens with two attached hydrogens (primary N) is 1. The van der Waals surface area contributed by atoms with Crippen LogP contribution in [-0.4, -0.2) is 11.6 Å². The van der Waals surface area contributed by atoms with Gasteiger partial charge in [-0.15, -0.1) is 0 Å². The van der Waals surface area contributed by atoms with Gasteiger partial charge in [-0.05, 0) is 18.4 Å². The van der Waals surface area contributed by atoms with Crippen molar-refractivity contribution in [1.82, 2.24) is 4.98 Å². The molecule has 0 aliphatic heterocycles. The first-order chi connectivity index (χ1) is 6.72. The van der Waals surface area contributed by atoms with Gasteiger partial charge in [0.2, 0.25) is 0 Å². The van der Waals surface area contributed by atoms with Crippen LogP contribution in [0.15, 0.2) is 18.3 Å². The van der Waals surface area contributed by atoms with Gasteiger partial charge in [0.1, 0.15) is 5.75 Å². The summed E-state index contributed by atoms with van der Waals surface area (Å²) < 4.78 is 5.56. The highest BCUT2D eigenvalue weighted by Crippen LogP contribution is 2.11. The molecule has 0 unspecified atom stereocenters. The number of hydrogen-bond acceptors (Lipinski definition) is 3. The molecule has 0 saturated carbocycles. The van der Waals surface area contributed by atoms with Gasteiger partial charge >= 0.3 is 0 Å². The molecule has 78 valence electrons. The van der Waals surface area contributed by atoms with Crippen LogP contribution >= 0.6 is 0 Å². The first kappa shape index (κ1) is 11.0. The molecule has 1 heterocycles. The monoisotopic (exact) mass is 194 g/mol. The fraction of sp³-hybridized carbons (Fsp3) is 0.545. The molecule has 0 aliphatic rings. The van der Waals surface area contributed by atoms with Crippen molar-refractivity contribution in [2.45, 2.75) is 26.8 Å². The maximum Gasteiger partial charge on any atom is 0.122 e. The standard InChI is InChI=1S/C11H18N2O/c1-9(2)4-6-14-11-3-5-13-10(7-11)8-12/h3,5,7,9H,4,6,8,12H2,1-2H3. The van der Waals surface area contributed by atoms with Crippen LogP contribution in [0.1, 0.15) is 26.0 Å². The van der Waals surface area contributed by atoms with Crippen LogP contribution in [0.3, 0.4) is 0 Å². The highest BCUT2D eigenvalue weighted by Gasteiger charge is 1.98. The molecule has 0 aliphatic carbocycles. The number of rotatable bonds is 5. The summed E-state index contributed by atoms with van der Waals surface area (Å²) in [6, 6.07) is 3.75. The molecule has 0 aromatic carbocycles. The van der Waals surface area contributed by atoms with E-state index in [4.69, 9.17) is 10.5 Å². The fourth-order valence-corrected chi connectivity index (χ4v) is 1.07. The molecule has 3 nitrogen and oxygen atoms in total. The Kier molecular flexibility index (Phi) is 4.40. The predicted molar refractivity (Wildman–Crippen MR) is 57.1 cm³/mol. The lowest BCUT2D eigenvalue weighted by atomic mass is 10.1. The second kappa shape index (κ2) is 5.60. The van der Waals surface area contributed by atoms with Gasteiger partial charge in [-0.25, -0.2) is 0 Å². The smallest absolute Gasteiger partial charge is 0.122 e. The number of ether oxygens (including phenoxy) is 1. The van der Waals surface area contributed by atoms with E-state index in [1.165, 1.54) is 0 Å². The average Bonchev–Trinajstić information content (AvgIpc) is 2.18. The Morgan fingerprint density at radius 1 is 1.50 bits per heavy atom. The summed E-state index contributed by atoms with van der Waals surface area (Å²) in [5.41, 5.74) is 6.35. The van der Waals surface area contributed by atoms with E-state index in [0.29, 0.717) is 12.5 Å². The summed E-state index contributed by atoms with van der Waals surface area (Å²) in [5.74, 6) is 1.53. The summed E-state index contributed by atoms with van der Waals surface area (Å²) >= 11 is 0. The Morgan fingerprint density at radius 2 is 2.29 bits per heavy atom. The molecule has 0 saturated heterocycles. The van der Waals surface area contributed by atoms with E-state index in [1.807, 2.05) is 12.1 Å². The van der Waals surface area contributed by atoms with Crippen molar-refractivity contribution in [2.75, 3.05) is 6.61 Å². The van der Waals surface area contributed by atoms with Crippen molar-refractivity contribution in [3.63, 3.8) is 0 Å². The molecular weight excluding hydrogens is 176 g/mol. The molecule has 0 atom stereocenters. The van der Waals surface area contributed by atoms with Crippen molar-refractivity contribution in [1.29, 1.82) is 0 Å². The van der Waals surface area contributed by atoms with Crippen LogP contribution in [0.5, 0.6) is 5.75 Å². The molecule has 0 amide bonds. The van der Waals surface area contributed by atoms with Crippen LogP contribution in [0.25, 0.3) is 0 Å². The summed E-state index contributed by atoms with van der Waals surface area (Å²) in [7, 11) is 0. The first-order valence-electron chi connectivity index (χ1n) is 5.00. The van der Waals surface area contributed by atoms with Crippen molar-refractivity contribution in [3.8, 4) is 5.75 Å². The zero-order chi connectivity index (χ0) is 10.4. The number of hydrogen-bond donors (Lipinski definition) is 1. The lowest BCUT2D eigenvalue weighted by Crippen LogP contribution is -2.03. The fourth-order valence-electron chi connectivity index (χ4n) is 1.07. The van der Waals surface area contributed by atoms with E-state index in [2.05, 4.69) is 18.8 Å². The molecule has 14 heavy (non-hydrogen) atoms. The van der Waals surface area contributed by atoms with Gasteiger partial charge in [0.25, 0.3) is 0 Å². The zero-order valence-electron chi connectivity index (χ0n) is 8.86. The molecule has 0 bridgehead atoms. The minimum Gasteiger partial charge on any atom is -0.493 e. The lowest BCUT2D eigenvalue weighted by Gasteiger charge is -2.08. The van der Waals surface area contributed by atoms with Gasteiger partial charge < -0.3 is 10.5 Å². The molecule has 0 spiro atoms. The minimum atomic E-state index is 0.460. The van der Waals surface area contributed by atoms with E-state index in [0.717, 1.165) is 24.5 Å². The van der Waals surface area contributed by atoms with Gasteiger partial charge in [-0.1, -0.05) is 13.8 Å². The molecule has 1 aromatic rings. The van der Waals surface area contributed by atoms with Crippen molar-refractivity contribution in [2.24, 2.45) is 11.7 Å². The van der Waals surface area contributed by atoms with Crippen molar-refractivity contribution >= 4 is 0 Å². The van der Waals surface area contributed by atoms with Crippen LogP contribution < -0.4 is 10.5 Å². The summed E-state index contributed by atoms with van der Waals surface area (Å²) in [6.07, 6.45) is 2.80.